The number of hydrazone groups is 1. The second-order valence-corrected chi connectivity index (χ2v) is 8.87. The summed E-state index contributed by atoms with van der Waals surface area (Å²) in [4.78, 5) is 23.6. The molecular weight excluding hydrogens is 466 g/mol. The summed E-state index contributed by atoms with van der Waals surface area (Å²) < 4.78 is 38.9. The molecule has 2 N–H and O–H groups in total. The minimum atomic E-state index is -4.25. The molecule has 0 unspecified atom stereocenters. The van der Waals surface area contributed by atoms with E-state index in [1.54, 1.807) is 30.0 Å². The quantitative estimate of drug-likeness (QED) is 0.421. The lowest BCUT2D eigenvalue weighted by Gasteiger charge is -2.26. The zero-order valence-electron chi connectivity index (χ0n) is 18.7. The number of rotatable bonds is 8. The Kier molecular flexibility index (Phi) is 7.89. The van der Waals surface area contributed by atoms with Gasteiger partial charge in [0.25, 0.3) is 15.7 Å². The van der Waals surface area contributed by atoms with Crippen molar-refractivity contribution in [1.29, 1.82) is 0 Å². The molecule has 1 saturated heterocycles. The second kappa shape index (κ2) is 10.8. The van der Waals surface area contributed by atoms with Crippen molar-refractivity contribution in [2.75, 3.05) is 37.0 Å². The third-order valence-corrected chi connectivity index (χ3v) is 6.42. The van der Waals surface area contributed by atoms with Crippen LogP contribution in [0.5, 0.6) is 5.75 Å². The van der Waals surface area contributed by atoms with Crippen molar-refractivity contribution < 1.29 is 27.6 Å². The fraction of sp³-hybridized carbons (Fsp3) is 0.333. The maximum atomic E-state index is 13.2. The molecule has 0 aliphatic carbocycles. The lowest BCUT2D eigenvalue weighted by molar-refractivity contribution is -0.385. The Morgan fingerprint density at radius 2 is 1.88 bits per heavy atom. The molecule has 0 spiro atoms. The van der Waals surface area contributed by atoms with Crippen LogP contribution in [-0.2, 0) is 14.8 Å². The SMILES string of the molecule is CCOC(=O)N1CCC(=NNc2ccc([N+](=O)[O-])cc2S(=O)(=O)Nc2ccccc2OC)CC1. The molecule has 3 rings (SSSR count). The summed E-state index contributed by atoms with van der Waals surface area (Å²) in [6.45, 7) is 2.86. The van der Waals surface area contributed by atoms with Gasteiger partial charge in [0.05, 0.1) is 30.0 Å². The molecule has 1 amide bonds. The van der Waals surface area contributed by atoms with E-state index in [-0.39, 0.29) is 34.7 Å². The number of nitro groups is 1. The molecule has 0 radical (unpaired) electrons. The standard InChI is InChI=1S/C21H25N5O7S/c1-3-33-21(27)25-12-10-15(11-13-25)22-23-18-9-8-16(26(28)29)14-20(18)34(30,31)24-17-6-4-5-7-19(17)32-2/h4-9,14,23-24H,3,10-13H2,1-2H3. The summed E-state index contributed by atoms with van der Waals surface area (Å²) in [5.41, 5.74) is 3.30. The number of likely N-dealkylation sites (tertiary alicyclic amines) is 1. The largest absolute Gasteiger partial charge is 0.495 e. The van der Waals surface area contributed by atoms with Gasteiger partial charge in [0.15, 0.2) is 0 Å². The topological polar surface area (TPSA) is 152 Å². The molecule has 1 aliphatic heterocycles. The number of carbonyl (C=O) groups is 1. The average molecular weight is 492 g/mol. The van der Waals surface area contributed by atoms with Crippen LogP contribution in [0, 0.1) is 10.1 Å². The number of anilines is 2. The maximum Gasteiger partial charge on any atom is 0.409 e. The Morgan fingerprint density at radius 1 is 1.18 bits per heavy atom. The Morgan fingerprint density at radius 3 is 2.53 bits per heavy atom. The number of hydrogen-bond donors (Lipinski definition) is 2. The van der Waals surface area contributed by atoms with Crippen molar-refractivity contribution in [3.8, 4) is 5.75 Å². The fourth-order valence-electron chi connectivity index (χ4n) is 3.28. The van der Waals surface area contributed by atoms with Crippen molar-refractivity contribution in [1.82, 2.24) is 4.90 Å². The number of benzene rings is 2. The minimum Gasteiger partial charge on any atom is -0.495 e. The number of amides is 1. The highest BCUT2D eigenvalue weighted by Gasteiger charge is 2.25. The van der Waals surface area contributed by atoms with Crippen molar-refractivity contribution in [2.45, 2.75) is 24.7 Å². The molecule has 182 valence electrons. The van der Waals surface area contributed by atoms with Gasteiger partial charge in [-0.05, 0) is 25.1 Å². The van der Waals surface area contributed by atoms with Crippen LogP contribution in [0.1, 0.15) is 19.8 Å². The first kappa shape index (κ1) is 24.8. The molecule has 0 atom stereocenters. The number of nitrogens with zero attached hydrogens (tertiary/aromatic N) is 3. The fourth-order valence-corrected chi connectivity index (χ4v) is 4.53. The predicted molar refractivity (Wildman–Crippen MR) is 126 cm³/mol. The zero-order valence-corrected chi connectivity index (χ0v) is 19.5. The van der Waals surface area contributed by atoms with Crippen LogP contribution in [0.15, 0.2) is 52.5 Å². The van der Waals surface area contributed by atoms with E-state index in [9.17, 15) is 23.3 Å². The molecule has 2 aromatic carbocycles. The first-order chi connectivity index (χ1) is 16.2. The minimum absolute atomic E-state index is 0.0633. The molecule has 13 heteroatoms. The Hall–Kier alpha value is -3.87. The lowest BCUT2D eigenvalue weighted by Crippen LogP contribution is -2.39. The highest BCUT2D eigenvalue weighted by molar-refractivity contribution is 7.93. The van der Waals surface area contributed by atoms with E-state index in [1.165, 1.54) is 25.3 Å². The van der Waals surface area contributed by atoms with E-state index < -0.39 is 14.9 Å². The van der Waals surface area contributed by atoms with Gasteiger partial charge in [-0.3, -0.25) is 20.3 Å². The highest BCUT2D eigenvalue weighted by atomic mass is 32.2. The van der Waals surface area contributed by atoms with Gasteiger partial charge in [-0.25, -0.2) is 13.2 Å². The van der Waals surface area contributed by atoms with Gasteiger partial charge in [-0.1, -0.05) is 12.1 Å². The normalized spacial score (nSPS) is 13.7. The van der Waals surface area contributed by atoms with Gasteiger partial charge in [0, 0.05) is 43.8 Å². The molecule has 1 aliphatic rings. The zero-order chi connectivity index (χ0) is 24.7. The van der Waals surface area contributed by atoms with E-state index in [4.69, 9.17) is 9.47 Å². The first-order valence-corrected chi connectivity index (χ1v) is 11.9. The summed E-state index contributed by atoms with van der Waals surface area (Å²) in [5.74, 6) is 0.291. The van der Waals surface area contributed by atoms with Crippen LogP contribution in [-0.4, -0.2) is 56.9 Å². The van der Waals surface area contributed by atoms with Crippen LogP contribution in [0.4, 0.5) is 21.9 Å². The number of carbonyl (C=O) groups excluding carboxylic acids is 1. The number of ether oxygens (including phenoxy) is 2. The van der Waals surface area contributed by atoms with Crippen LogP contribution in [0.25, 0.3) is 0 Å². The molecular formula is C21H25N5O7S. The summed E-state index contributed by atoms with van der Waals surface area (Å²) in [6.07, 6.45) is 0.557. The summed E-state index contributed by atoms with van der Waals surface area (Å²) in [5, 5.41) is 15.6. The Labute approximate surface area is 196 Å². The van der Waals surface area contributed by atoms with Crippen LogP contribution < -0.4 is 14.9 Å². The van der Waals surface area contributed by atoms with Crippen molar-refractivity contribution in [3.63, 3.8) is 0 Å². The Balaban J connectivity index is 1.84. The Bertz CT molecular complexity index is 1190. The van der Waals surface area contributed by atoms with Crippen LogP contribution in [0.3, 0.4) is 0 Å². The van der Waals surface area contributed by atoms with Gasteiger partial charge in [-0.2, -0.15) is 5.10 Å². The maximum absolute atomic E-state index is 13.2. The average Bonchev–Trinajstić information content (AvgIpc) is 2.83. The van der Waals surface area contributed by atoms with Gasteiger partial charge in [-0.15, -0.1) is 0 Å². The number of para-hydroxylation sites is 2. The van der Waals surface area contributed by atoms with Crippen LogP contribution >= 0.6 is 0 Å². The third kappa shape index (κ3) is 5.92. The van der Waals surface area contributed by atoms with E-state index in [0.29, 0.717) is 31.7 Å². The molecule has 0 bridgehead atoms. The lowest BCUT2D eigenvalue weighted by atomic mass is 10.1. The van der Waals surface area contributed by atoms with Gasteiger partial charge >= 0.3 is 6.09 Å². The number of sulfonamides is 1. The van der Waals surface area contributed by atoms with E-state index in [2.05, 4.69) is 15.2 Å². The molecule has 0 saturated carbocycles. The summed E-state index contributed by atoms with van der Waals surface area (Å²) in [6, 6.07) is 9.84. The summed E-state index contributed by atoms with van der Waals surface area (Å²) >= 11 is 0. The van der Waals surface area contributed by atoms with Gasteiger partial charge in [0.1, 0.15) is 10.6 Å². The molecule has 12 nitrogen and oxygen atoms in total. The predicted octanol–water partition coefficient (Wildman–Crippen LogP) is 3.42. The van der Waals surface area contributed by atoms with Gasteiger partial charge < -0.3 is 14.4 Å². The van der Waals surface area contributed by atoms with Gasteiger partial charge in [0.2, 0.25) is 0 Å². The number of nitrogens with one attached hydrogen (secondary N) is 2. The number of nitro benzene ring substituents is 1. The number of piperidine rings is 1. The molecule has 1 heterocycles. The molecule has 1 fully saturated rings. The van der Waals surface area contributed by atoms with E-state index in [1.807, 2.05) is 0 Å². The number of hydrogen-bond acceptors (Lipinski definition) is 9. The molecule has 2 aromatic rings. The summed E-state index contributed by atoms with van der Waals surface area (Å²) in [7, 11) is -2.85. The van der Waals surface area contributed by atoms with E-state index in [0.717, 1.165) is 11.8 Å². The van der Waals surface area contributed by atoms with E-state index >= 15 is 0 Å². The monoisotopic (exact) mass is 491 g/mol. The smallest absolute Gasteiger partial charge is 0.409 e. The highest BCUT2D eigenvalue weighted by Crippen LogP contribution is 2.31. The number of methoxy groups -OCH3 is 1. The van der Waals surface area contributed by atoms with Crippen molar-refractivity contribution in [3.05, 3.63) is 52.6 Å². The molecule has 34 heavy (non-hydrogen) atoms. The molecule has 0 aromatic heterocycles. The third-order valence-electron chi connectivity index (χ3n) is 5.02. The second-order valence-electron chi connectivity index (χ2n) is 7.22. The van der Waals surface area contributed by atoms with Crippen LogP contribution in [0.2, 0.25) is 0 Å². The number of non-ortho nitro benzene ring substituents is 1. The van der Waals surface area contributed by atoms with Crippen molar-refractivity contribution in [2.24, 2.45) is 5.10 Å². The van der Waals surface area contributed by atoms with Crippen molar-refractivity contribution >= 4 is 38.9 Å². The first-order valence-electron chi connectivity index (χ1n) is 10.4.